The fourth-order valence-corrected chi connectivity index (χ4v) is 3.79. The summed E-state index contributed by atoms with van der Waals surface area (Å²) >= 11 is 0. The van der Waals surface area contributed by atoms with Gasteiger partial charge in [-0.3, -0.25) is 9.80 Å². The van der Waals surface area contributed by atoms with Crippen LogP contribution in [0, 0.1) is 0 Å². The van der Waals surface area contributed by atoms with E-state index in [1.165, 1.54) is 0 Å². The van der Waals surface area contributed by atoms with Crippen LogP contribution < -0.4 is 4.74 Å². The zero-order chi connectivity index (χ0) is 17.8. The first-order chi connectivity index (χ1) is 12.0. The maximum atomic E-state index is 12.5. The van der Waals surface area contributed by atoms with E-state index in [1.54, 1.807) is 18.2 Å². The van der Waals surface area contributed by atoms with Gasteiger partial charge in [0.25, 0.3) is 0 Å². The number of hydrogen-bond donors (Lipinski definition) is 1. The Bertz CT molecular complexity index is 553. The molecule has 0 bridgehead atoms. The third-order valence-corrected chi connectivity index (χ3v) is 5.22. The van der Waals surface area contributed by atoms with Gasteiger partial charge in [-0.1, -0.05) is 18.2 Å². The van der Waals surface area contributed by atoms with Crippen molar-refractivity contribution in [3.8, 4) is 5.75 Å². The van der Waals surface area contributed by atoms with Crippen molar-refractivity contribution in [2.24, 2.45) is 0 Å². The van der Waals surface area contributed by atoms with Crippen molar-refractivity contribution in [3.05, 3.63) is 29.8 Å². The lowest BCUT2D eigenvalue weighted by molar-refractivity contribution is -0.0519. The molecule has 2 aliphatic rings. The van der Waals surface area contributed by atoms with E-state index >= 15 is 0 Å². The van der Waals surface area contributed by atoms with Crippen LogP contribution in [0.3, 0.4) is 0 Å². The van der Waals surface area contributed by atoms with Gasteiger partial charge in [-0.05, 0) is 19.5 Å². The summed E-state index contributed by atoms with van der Waals surface area (Å²) in [5.41, 5.74) is 0.730. The molecule has 2 atom stereocenters. The Hall–Kier alpha value is -1.28. The summed E-state index contributed by atoms with van der Waals surface area (Å²) in [7, 11) is 2.12. The second-order valence-corrected chi connectivity index (χ2v) is 6.98. The molecule has 0 radical (unpaired) electrons. The Balaban J connectivity index is 1.57. The van der Waals surface area contributed by atoms with Crippen LogP contribution in [-0.2, 0) is 6.54 Å². The summed E-state index contributed by atoms with van der Waals surface area (Å²) in [6, 6.07) is 7.07. The number of halogens is 2. The normalized spacial score (nSPS) is 26.9. The zero-order valence-corrected chi connectivity index (χ0v) is 14.7. The number of nitrogens with zero attached hydrogens (tertiary/aromatic N) is 3. The molecule has 1 aromatic carbocycles. The Labute approximate surface area is 147 Å². The van der Waals surface area contributed by atoms with E-state index in [1.807, 2.05) is 6.07 Å². The first-order valence-electron chi connectivity index (χ1n) is 8.88. The summed E-state index contributed by atoms with van der Waals surface area (Å²) in [4.78, 5) is 6.80. The molecule has 0 saturated carbocycles. The van der Waals surface area contributed by atoms with Crippen molar-refractivity contribution in [1.29, 1.82) is 0 Å². The van der Waals surface area contributed by atoms with Gasteiger partial charge in [-0.15, -0.1) is 0 Å². The number of piperidine rings is 1. The van der Waals surface area contributed by atoms with E-state index in [2.05, 4.69) is 26.5 Å². The molecule has 0 aromatic heterocycles. The summed E-state index contributed by atoms with van der Waals surface area (Å²) in [5.74, 6) is 0.216. The highest BCUT2D eigenvalue weighted by molar-refractivity contribution is 5.33. The van der Waals surface area contributed by atoms with Crippen LogP contribution in [0.2, 0.25) is 0 Å². The lowest BCUT2D eigenvalue weighted by atomic mass is 9.98. The number of rotatable bonds is 5. The fraction of sp³-hybridized carbons (Fsp3) is 0.667. The van der Waals surface area contributed by atoms with Gasteiger partial charge in [0.05, 0.1) is 6.10 Å². The SMILES string of the molecule is CN1CCN([C@@H]2CCN(Cc3ccccc3OC(F)F)C[C@H]2O)CC1. The second-order valence-electron chi connectivity index (χ2n) is 6.98. The predicted molar refractivity (Wildman–Crippen MR) is 91.8 cm³/mol. The van der Waals surface area contributed by atoms with Crippen LogP contribution in [0.25, 0.3) is 0 Å². The summed E-state index contributed by atoms with van der Waals surface area (Å²) in [6.45, 7) is 3.13. The Morgan fingerprint density at radius 2 is 1.88 bits per heavy atom. The van der Waals surface area contributed by atoms with E-state index in [0.29, 0.717) is 13.1 Å². The Morgan fingerprint density at radius 1 is 1.16 bits per heavy atom. The molecule has 0 aliphatic carbocycles. The third kappa shape index (κ3) is 4.88. The van der Waals surface area contributed by atoms with Crippen molar-refractivity contribution < 1.29 is 18.6 Å². The minimum atomic E-state index is -2.82. The molecule has 2 aliphatic heterocycles. The van der Waals surface area contributed by atoms with Crippen molar-refractivity contribution in [1.82, 2.24) is 14.7 Å². The molecule has 2 fully saturated rings. The Morgan fingerprint density at radius 3 is 2.56 bits per heavy atom. The molecule has 2 saturated heterocycles. The maximum absolute atomic E-state index is 12.5. The van der Waals surface area contributed by atoms with E-state index in [9.17, 15) is 13.9 Å². The first-order valence-corrected chi connectivity index (χ1v) is 8.88. The summed E-state index contributed by atoms with van der Waals surface area (Å²) in [6.07, 6.45) is 0.475. The van der Waals surface area contributed by atoms with E-state index in [4.69, 9.17) is 0 Å². The van der Waals surface area contributed by atoms with Gasteiger partial charge in [0, 0.05) is 57.4 Å². The summed E-state index contributed by atoms with van der Waals surface area (Å²) < 4.78 is 29.7. The molecule has 1 N–H and O–H groups in total. The largest absolute Gasteiger partial charge is 0.434 e. The molecule has 0 unspecified atom stereocenters. The van der Waals surface area contributed by atoms with Crippen LogP contribution >= 0.6 is 0 Å². The highest BCUT2D eigenvalue weighted by Crippen LogP contribution is 2.25. The molecule has 1 aromatic rings. The van der Waals surface area contributed by atoms with Crippen LogP contribution in [0.1, 0.15) is 12.0 Å². The highest BCUT2D eigenvalue weighted by Gasteiger charge is 2.33. The van der Waals surface area contributed by atoms with Gasteiger partial charge in [-0.2, -0.15) is 8.78 Å². The second kappa shape index (κ2) is 8.40. The quantitative estimate of drug-likeness (QED) is 0.866. The lowest BCUT2D eigenvalue weighted by Crippen LogP contribution is -2.58. The fourth-order valence-electron chi connectivity index (χ4n) is 3.79. The molecule has 2 heterocycles. The van der Waals surface area contributed by atoms with Crippen molar-refractivity contribution in [2.75, 3.05) is 46.3 Å². The van der Waals surface area contributed by atoms with Gasteiger partial charge in [0.15, 0.2) is 0 Å². The molecular formula is C18H27F2N3O2. The van der Waals surface area contributed by atoms with E-state index < -0.39 is 12.7 Å². The van der Waals surface area contributed by atoms with Gasteiger partial charge in [0.2, 0.25) is 0 Å². The van der Waals surface area contributed by atoms with Crippen LogP contribution in [0.4, 0.5) is 8.78 Å². The van der Waals surface area contributed by atoms with Crippen molar-refractivity contribution >= 4 is 0 Å². The standard InChI is InChI=1S/C18H27F2N3O2/c1-21-8-10-23(11-9-21)15-6-7-22(13-16(15)24)12-14-4-2-3-5-17(14)25-18(19)20/h2-5,15-16,18,24H,6-13H2,1H3/t15-,16-/m1/s1. The molecule has 140 valence electrons. The minimum absolute atomic E-state index is 0.192. The highest BCUT2D eigenvalue weighted by atomic mass is 19.3. The topological polar surface area (TPSA) is 39.2 Å². The number of aliphatic hydroxyl groups is 1. The first kappa shape index (κ1) is 18.5. The average Bonchev–Trinajstić information content (AvgIpc) is 2.57. The number of ether oxygens (including phenoxy) is 1. The van der Waals surface area contributed by atoms with Gasteiger partial charge in [0.1, 0.15) is 5.75 Å². The van der Waals surface area contributed by atoms with Gasteiger partial charge in [-0.25, -0.2) is 0 Å². The molecule has 25 heavy (non-hydrogen) atoms. The van der Waals surface area contributed by atoms with E-state index in [0.717, 1.165) is 44.7 Å². The van der Waals surface area contributed by atoms with Crippen molar-refractivity contribution in [2.45, 2.75) is 31.7 Å². The molecule has 7 heteroatoms. The molecule has 0 spiro atoms. The number of likely N-dealkylation sites (tertiary alicyclic amines) is 1. The average molecular weight is 355 g/mol. The minimum Gasteiger partial charge on any atom is -0.434 e. The number of aliphatic hydroxyl groups excluding tert-OH is 1. The lowest BCUT2D eigenvalue weighted by Gasteiger charge is -2.44. The summed E-state index contributed by atoms with van der Waals surface area (Å²) in [5, 5.41) is 10.6. The zero-order valence-electron chi connectivity index (χ0n) is 14.7. The molecule has 5 nitrogen and oxygen atoms in total. The van der Waals surface area contributed by atoms with Crippen LogP contribution in [0.15, 0.2) is 24.3 Å². The van der Waals surface area contributed by atoms with Crippen molar-refractivity contribution in [3.63, 3.8) is 0 Å². The third-order valence-electron chi connectivity index (χ3n) is 5.22. The smallest absolute Gasteiger partial charge is 0.387 e. The van der Waals surface area contributed by atoms with Crippen LogP contribution in [0.5, 0.6) is 5.75 Å². The van der Waals surface area contributed by atoms with Gasteiger partial charge >= 0.3 is 6.61 Å². The number of β-amino-alcohol motifs (C(OH)–C–C–N with tert-alkyl or cyclic N) is 1. The number of benzene rings is 1. The number of para-hydroxylation sites is 1. The number of alkyl halides is 2. The number of hydrogen-bond acceptors (Lipinski definition) is 5. The van der Waals surface area contributed by atoms with Gasteiger partial charge < -0.3 is 14.7 Å². The predicted octanol–water partition coefficient (Wildman–Crippen LogP) is 1.47. The molecular weight excluding hydrogens is 328 g/mol. The molecule has 0 amide bonds. The monoisotopic (exact) mass is 355 g/mol. The number of likely N-dealkylation sites (N-methyl/N-ethyl adjacent to an activating group) is 1. The van der Waals surface area contributed by atoms with E-state index in [-0.39, 0.29) is 11.8 Å². The maximum Gasteiger partial charge on any atom is 0.387 e. The number of piperazine rings is 1. The molecule has 3 rings (SSSR count). The van der Waals surface area contributed by atoms with Crippen LogP contribution in [-0.4, -0.2) is 84.9 Å². The Kier molecular flexibility index (Phi) is 6.22.